The van der Waals surface area contributed by atoms with E-state index in [-0.39, 0.29) is 5.91 Å². The minimum atomic E-state index is -0.0125. The zero-order valence-corrected chi connectivity index (χ0v) is 8.32. The van der Waals surface area contributed by atoms with Crippen LogP contribution in [0.15, 0.2) is 12.0 Å². The van der Waals surface area contributed by atoms with Crippen molar-refractivity contribution < 1.29 is 9.63 Å². The molecule has 0 unspecified atom stereocenters. The van der Waals surface area contributed by atoms with Gasteiger partial charge in [-0.3, -0.25) is 10.2 Å². The van der Waals surface area contributed by atoms with Crippen LogP contribution in [0.3, 0.4) is 0 Å². The predicted octanol–water partition coefficient (Wildman–Crippen LogP) is 0.222. The van der Waals surface area contributed by atoms with Gasteiger partial charge in [0, 0.05) is 20.1 Å². The van der Waals surface area contributed by atoms with E-state index >= 15 is 0 Å². The SMILES string of the molecule is CN1NC=C(C(=O)N2CCCCC2)O1. The first-order valence-electron chi connectivity index (χ1n) is 4.95. The smallest absolute Gasteiger partial charge is 0.293 e. The molecule has 1 amide bonds. The van der Waals surface area contributed by atoms with Gasteiger partial charge in [0.2, 0.25) is 5.76 Å². The molecule has 1 saturated heterocycles. The first-order chi connectivity index (χ1) is 6.77. The number of nitrogens with one attached hydrogen (secondary N) is 1. The Morgan fingerprint density at radius 1 is 1.43 bits per heavy atom. The van der Waals surface area contributed by atoms with Crippen LogP contribution in [0.2, 0.25) is 0 Å². The number of carbonyl (C=O) groups is 1. The van der Waals surface area contributed by atoms with Crippen molar-refractivity contribution in [1.82, 2.24) is 15.5 Å². The second kappa shape index (κ2) is 3.88. The predicted molar refractivity (Wildman–Crippen MR) is 50.5 cm³/mol. The highest BCUT2D eigenvalue weighted by molar-refractivity contribution is 5.91. The Labute approximate surface area is 83.2 Å². The molecule has 5 heteroatoms. The maximum atomic E-state index is 11.8. The van der Waals surface area contributed by atoms with Crippen LogP contribution in [0.5, 0.6) is 0 Å². The van der Waals surface area contributed by atoms with E-state index in [1.807, 2.05) is 4.90 Å². The van der Waals surface area contributed by atoms with Crippen LogP contribution >= 0.6 is 0 Å². The molecule has 2 aliphatic heterocycles. The first-order valence-corrected chi connectivity index (χ1v) is 4.95. The van der Waals surface area contributed by atoms with E-state index in [0.29, 0.717) is 5.76 Å². The van der Waals surface area contributed by atoms with Crippen molar-refractivity contribution in [3.8, 4) is 0 Å². The van der Waals surface area contributed by atoms with Gasteiger partial charge >= 0.3 is 0 Å². The average Bonchev–Trinajstić information content (AvgIpc) is 2.65. The van der Waals surface area contributed by atoms with Crippen LogP contribution < -0.4 is 5.43 Å². The van der Waals surface area contributed by atoms with Gasteiger partial charge in [0.25, 0.3) is 5.91 Å². The Balaban J connectivity index is 1.94. The normalized spacial score (nSPS) is 22.6. The zero-order valence-electron chi connectivity index (χ0n) is 8.32. The standard InChI is InChI=1S/C9H15N3O2/c1-11-10-7-8(14-11)9(13)12-5-3-2-4-6-12/h7,10H,2-6H2,1H3. The van der Waals surface area contributed by atoms with E-state index in [4.69, 9.17) is 4.84 Å². The van der Waals surface area contributed by atoms with E-state index in [2.05, 4.69) is 5.43 Å². The number of nitrogens with zero attached hydrogens (tertiary/aromatic N) is 2. The molecular weight excluding hydrogens is 182 g/mol. The maximum Gasteiger partial charge on any atom is 0.293 e. The number of hydroxylamine groups is 1. The van der Waals surface area contributed by atoms with E-state index < -0.39 is 0 Å². The molecule has 0 aromatic rings. The fraction of sp³-hybridized carbons (Fsp3) is 0.667. The van der Waals surface area contributed by atoms with Crippen molar-refractivity contribution in [2.24, 2.45) is 0 Å². The fourth-order valence-corrected chi connectivity index (χ4v) is 1.70. The van der Waals surface area contributed by atoms with Crippen molar-refractivity contribution in [1.29, 1.82) is 0 Å². The fourth-order valence-electron chi connectivity index (χ4n) is 1.70. The largest absolute Gasteiger partial charge is 0.379 e. The van der Waals surface area contributed by atoms with Crippen LogP contribution in [-0.2, 0) is 9.63 Å². The molecule has 0 bridgehead atoms. The van der Waals surface area contributed by atoms with Crippen LogP contribution in [0.4, 0.5) is 0 Å². The van der Waals surface area contributed by atoms with Crippen molar-refractivity contribution in [3.05, 3.63) is 12.0 Å². The second-order valence-corrected chi connectivity index (χ2v) is 3.58. The van der Waals surface area contributed by atoms with Crippen LogP contribution in [0.25, 0.3) is 0 Å². The lowest BCUT2D eigenvalue weighted by Gasteiger charge is -2.26. The van der Waals surface area contributed by atoms with Crippen LogP contribution in [0, 0.1) is 0 Å². The third kappa shape index (κ3) is 1.82. The molecule has 0 saturated carbocycles. The van der Waals surface area contributed by atoms with Crippen molar-refractivity contribution in [2.45, 2.75) is 19.3 Å². The number of amides is 1. The average molecular weight is 197 g/mol. The second-order valence-electron chi connectivity index (χ2n) is 3.58. The van der Waals surface area contributed by atoms with Gasteiger partial charge < -0.3 is 9.74 Å². The number of hydrazine groups is 1. The summed E-state index contributed by atoms with van der Waals surface area (Å²) < 4.78 is 0. The molecule has 0 radical (unpaired) electrons. The Kier molecular flexibility index (Phi) is 2.58. The van der Waals surface area contributed by atoms with Crippen LogP contribution in [-0.4, -0.2) is 36.1 Å². The number of likely N-dealkylation sites (tertiary alicyclic amines) is 1. The topological polar surface area (TPSA) is 44.8 Å². The summed E-state index contributed by atoms with van der Waals surface area (Å²) in [6.45, 7) is 1.70. The summed E-state index contributed by atoms with van der Waals surface area (Å²) in [4.78, 5) is 18.8. The molecular formula is C9H15N3O2. The number of carbonyl (C=O) groups excluding carboxylic acids is 1. The molecule has 0 aromatic heterocycles. The van der Waals surface area contributed by atoms with E-state index in [9.17, 15) is 4.79 Å². The molecule has 5 nitrogen and oxygen atoms in total. The lowest BCUT2D eigenvalue weighted by Crippen LogP contribution is -2.37. The monoisotopic (exact) mass is 197 g/mol. The summed E-state index contributed by atoms with van der Waals surface area (Å²) in [6, 6.07) is 0. The Bertz CT molecular complexity index is 259. The van der Waals surface area contributed by atoms with Gasteiger partial charge in [-0.05, 0) is 19.3 Å². The van der Waals surface area contributed by atoms with E-state index in [1.54, 1.807) is 13.2 Å². The maximum absolute atomic E-state index is 11.8. The van der Waals surface area contributed by atoms with Gasteiger partial charge in [0.1, 0.15) is 0 Å². The molecule has 2 rings (SSSR count). The summed E-state index contributed by atoms with van der Waals surface area (Å²) in [5.74, 6) is 0.371. The molecule has 2 aliphatic rings. The summed E-state index contributed by atoms with van der Waals surface area (Å²) in [7, 11) is 1.72. The van der Waals surface area contributed by atoms with Gasteiger partial charge in [-0.2, -0.15) is 0 Å². The Morgan fingerprint density at radius 2 is 2.14 bits per heavy atom. The number of rotatable bonds is 1. The van der Waals surface area contributed by atoms with Gasteiger partial charge in [0.05, 0.1) is 6.20 Å². The molecule has 78 valence electrons. The van der Waals surface area contributed by atoms with Gasteiger partial charge in [-0.25, -0.2) is 0 Å². The van der Waals surface area contributed by atoms with Crippen molar-refractivity contribution in [3.63, 3.8) is 0 Å². The van der Waals surface area contributed by atoms with Gasteiger partial charge in [-0.1, -0.05) is 5.17 Å². The highest BCUT2D eigenvalue weighted by atomic mass is 16.7. The third-order valence-corrected chi connectivity index (χ3v) is 2.47. The zero-order chi connectivity index (χ0) is 9.97. The van der Waals surface area contributed by atoms with E-state index in [1.165, 1.54) is 11.6 Å². The lowest BCUT2D eigenvalue weighted by molar-refractivity contribution is -0.146. The van der Waals surface area contributed by atoms with E-state index in [0.717, 1.165) is 25.9 Å². The third-order valence-electron chi connectivity index (χ3n) is 2.47. The minimum Gasteiger partial charge on any atom is -0.379 e. The molecule has 0 aliphatic carbocycles. The highest BCUT2D eigenvalue weighted by Crippen LogP contribution is 2.14. The number of hydrogen-bond donors (Lipinski definition) is 1. The van der Waals surface area contributed by atoms with Gasteiger partial charge in [-0.15, -0.1) is 0 Å². The number of hydrogen-bond acceptors (Lipinski definition) is 4. The molecule has 0 aromatic carbocycles. The summed E-state index contributed by atoms with van der Waals surface area (Å²) >= 11 is 0. The molecule has 0 spiro atoms. The Morgan fingerprint density at radius 3 is 2.71 bits per heavy atom. The Hall–Kier alpha value is -1.23. The summed E-state index contributed by atoms with van der Waals surface area (Å²) in [6.07, 6.45) is 5.02. The molecule has 0 atom stereocenters. The van der Waals surface area contributed by atoms with Crippen molar-refractivity contribution in [2.75, 3.05) is 20.1 Å². The molecule has 14 heavy (non-hydrogen) atoms. The molecule has 1 fully saturated rings. The summed E-state index contributed by atoms with van der Waals surface area (Å²) in [5, 5.41) is 1.41. The molecule has 2 heterocycles. The lowest BCUT2D eigenvalue weighted by atomic mass is 10.1. The molecule has 1 N–H and O–H groups in total. The van der Waals surface area contributed by atoms with Gasteiger partial charge in [0.15, 0.2) is 0 Å². The highest BCUT2D eigenvalue weighted by Gasteiger charge is 2.25. The van der Waals surface area contributed by atoms with Crippen molar-refractivity contribution >= 4 is 5.91 Å². The van der Waals surface area contributed by atoms with Crippen LogP contribution in [0.1, 0.15) is 19.3 Å². The number of piperidine rings is 1. The minimum absolute atomic E-state index is 0.0125. The first kappa shape index (κ1) is 9.33. The quantitative estimate of drug-likeness (QED) is 0.653. The summed E-state index contributed by atoms with van der Waals surface area (Å²) in [5.41, 5.74) is 2.79.